The number of ether oxygens (including phenoxy) is 2. The summed E-state index contributed by atoms with van der Waals surface area (Å²) in [6.07, 6.45) is 1.70. The van der Waals surface area contributed by atoms with Gasteiger partial charge < -0.3 is 19.7 Å². The van der Waals surface area contributed by atoms with Crippen molar-refractivity contribution in [3.05, 3.63) is 59.2 Å². The summed E-state index contributed by atoms with van der Waals surface area (Å²) in [6, 6.07) is 13.1. The SMILES string of the molecule is CCCNC(=O)[C@H](C)N(Cc1cccc(C)c1)C(=O)CCc1ccc(OC)c(OC)c1. The molecule has 0 aliphatic heterocycles. The standard InChI is InChI=1S/C25H34N2O4/c1-6-14-26-25(29)19(3)27(17-21-9-7-8-18(2)15-21)24(28)13-11-20-10-12-22(30-4)23(16-20)31-5/h7-10,12,15-16,19H,6,11,13-14,17H2,1-5H3,(H,26,29)/t19-/m0/s1. The van der Waals surface area contributed by atoms with E-state index in [0.717, 1.165) is 23.1 Å². The van der Waals surface area contributed by atoms with E-state index in [1.165, 1.54) is 0 Å². The van der Waals surface area contributed by atoms with Gasteiger partial charge in [-0.05, 0) is 49.9 Å². The lowest BCUT2D eigenvalue weighted by Gasteiger charge is -2.29. The Kier molecular flexibility index (Phi) is 9.38. The van der Waals surface area contributed by atoms with Crippen LogP contribution < -0.4 is 14.8 Å². The highest BCUT2D eigenvalue weighted by atomic mass is 16.5. The van der Waals surface area contributed by atoms with Crippen LogP contribution in [0, 0.1) is 6.92 Å². The van der Waals surface area contributed by atoms with Crippen molar-refractivity contribution >= 4 is 11.8 Å². The van der Waals surface area contributed by atoms with E-state index in [1.807, 2.05) is 56.3 Å². The van der Waals surface area contributed by atoms with Crippen LogP contribution in [-0.2, 0) is 22.6 Å². The monoisotopic (exact) mass is 426 g/mol. The van der Waals surface area contributed by atoms with Gasteiger partial charge in [-0.25, -0.2) is 0 Å². The Bertz CT molecular complexity index is 882. The van der Waals surface area contributed by atoms with Crippen molar-refractivity contribution in [1.82, 2.24) is 10.2 Å². The molecule has 0 spiro atoms. The summed E-state index contributed by atoms with van der Waals surface area (Å²) in [5.41, 5.74) is 3.11. The number of carbonyl (C=O) groups is 2. The molecule has 0 fully saturated rings. The van der Waals surface area contributed by atoms with Gasteiger partial charge in [0.15, 0.2) is 11.5 Å². The van der Waals surface area contributed by atoms with Gasteiger partial charge in [0.05, 0.1) is 14.2 Å². The number of benzene rings is 2. The summed E-state index contributed by atoms with van der Waals surface area (Å²) in [7, 11) is 3.18. The predicted molar refractivity (Wildman–Crippen MR) is 122 cm³/mol. The van der Waals surface area contributed by atoms with Crippen molar-refractivity contribution in [3.63, 3.8) is 0 Å². The molecule has 168 valence electrons. The third kappa shape index (κ3) is 7.02. The molecule has 0 bridgehead atoms. The maximum absolute atomic E-state index is 13.2. The van der Waals surface area contributed by atoms with Crippen LogP contribution in [0.1, 0.15) is 43.4 Å². The Morgan fingerprint density at radius 1 is 1.03 bits per heavy atom. The highest BCUT2D eigenvalue weighted by Gasteiger charge is 2.25. The third-order valence-corrected chi connectivity index (χ3v) is 5.23. The Hall–Kier alpha value is -3.02. The number of amides is 2. The summed E-state index contributed by atoms with van der Waals surface area (Å²) >= 11 is 0. The van der Waals surface area contributed by atoms with Crippen molar-refractivity contribution in [2.24, 2.45) is 0 Å². The van der Waals surface area contributed by atoms with Gasteiger partial charge in [0.25, 0.3) is 0 Å². The number of nitrogens with zero attached hydrogens (tertiary/aromatic N) is 1. The molecule has 2 aromatic carbocycles. The van der Waals surface area contributed by atoms with Gasteiger partial charge in [0.1, 0.15) is 6.04 Å². The molecule has 1 N–H and O–H groups in total. The Morgan fingerprint density at radius 3 is 2.42 bits per heavy atom. The van der Waals surface area contributed by atoms with Crippen molar-refractivity contribution < 1.29 is 19.1 Å². The molecule has 0 aliphatic carbocycles. The van der Waals surface area contributed by atoms with Gasteiger partial charge in [0, 0.05) is 19.5 Å². The van der Waals surface area contributed by atoms with E-state index in [-0.39, 0.29) is 11.8 Å². The quantitative estimate of drug-likeness (QED) is 0.592. The third-order valence-electron chi connectivity index (χ3n) is 5.23. The van der Waals surface area contributed by atoms with Gasteiger partial charge in [0.2, 0.25) is 11.8 Å². The summed E-state index contributed by atoms with van der Waals surface area (Å²) in [4.78, 5) is 27.5. The maximum Gasteiger partial charge on any atom is 0.242 e. The second kappa shape index (κ2) is 12.0. The van der Waals surface area contributed by atoms with Crippen LogP contribution >= 0.6 is 0 Å². The van der Waals surface area contributed by atoms with Crippen molar-refractivity contribution in [1.29, 1.82) is 0 Å². The van der Waals surface area contributed by atoms with Crippen LogP contribution in [0.4, 0.5) is 0 Å². The van der Waals surface area contributed by atoms with E-state index in [2.05, 4.69) is 5.32 Å². The molecule has 0 radical (unpaired) electrons. The van der Waals surface area contributed by atoms with E-state index in [1.54, 1.807) is 26.0 Å². The van der Waals surface area contributed by atoms with Crippen LogP contribution in [0.2, 0.25) is 0 Å². The number of carbonyl (C=O) groups excluding carboxylic acids is 2. The first-order chi connectivity index (χ1) is 14.9. The van der Waals surface area contributed by atoms with Crippen LogP contribution in [0.25, 0.3) is 0 Å². The van der Waals surface area contributed by atoms with Gasteiger partial charge in [-0.2, -0.15) is 0 Å². The zero-order chi connectivity index (χ0) is 22.8. The molecule has 0 saturated heterocycles. The first-order valence-electron chi connectivity index (χ1n) is 10.7. The topological polar surface area (TPSA) is 67.9 Å². The fraction of sp³-hybridized carbons (Fsp3) is 0.440. The van der Waals surface area contributed by atoms with E-state index in [9.17, 15) is 9.59 Å². The summed E-state index contributed by atoms with van der Waals surface area (Å²) in [6.45, 7) is 6.80. The largest absolute Gasteiger partial charge is 0.493 e. The second-order valence-corrected chi connectivity index (χ2v) is 7.67. The molecule has 2 amide bonds. The normalized spacial score (nSPS) is 11.5. The van der Waals surface area contributed by atoms with E-state index in [4.69, 9.17) is 9.47 Å². The smallest absolute Gasteiger partial charge is 0.242 e. The highest BCUT2D eigenvalue weighted by molar-refractivity contribution is 5.87. The van der Waals surface area contributed by atoms with Gasteiger partial charge >= 0.3 is 0 Å². The van der Waals surface area contributed by atoms with Crippen molar-refractivity contribution in [2.75, 3.05) is 20.8 Å². The lowest BCUT2D eigenvalue weighted by Crippen LogP contribution is -2.47. The second-order valence-electron chi connectivity index (χ2n) is 7.67. The van der Waals surface area contributed by atoms with Crippen LogP contribution in [0.3, 0.4) is 0 Å². The molecular weight excluding hydrogens is 392 g/mol. The van der Waals surface area contributed by atoms with Crippen LogP contribution in [0.15, 0.2) is 42.5 Å². The molecule has 1 atom stereocenters. The number of hydrogen-bond acceptors (Lipinski definition) is 4. The van der Waals surface area contributed by atoms with Crippen LogP contribution in [0.5, 0.6) is 11.5 Å². The average molecular weight is 427 g/mol. The van der Waals surface area contributed by atoms with Crippen molar-refractivity contribution in [2.45, 2.75) is 52.6 Å². The molecule has 0 aromatic heterocycles. The fourth-order valence-corrected chi connectivity index (χ4v) is 3.42. The zero-order valence-electron chi connectivity index (χ0n) is 19.2. The molecule has 0 heterocycles. The highest BCUT2D eigenvalue weighted by Crippen LogP contribution is 2.28. The lowest BCUT2D eigenvalue weighted by atomic mass is 10.1. The lowest BCUT2D eigenvalue weighted by molar-refractivity contribution is -0.140. The number of methoxy groups -OCH3 is 2. The number of hydrogen-bond donors (Lipinski definition) is 1. The Balaban J connectivity index is 2.15. The minimum absolute atomic E-state index is 0.0598. The van der Waals surface area contributed by atoms with Crippen LogP contribution in [-0.4, -0.2) is 43.5 Å². The van der Waals surface area contributed by atoms with Gasteiger partial charge in [-0.1, -0.05) is 42.8 Å². The minimum atomic E-state index is -0.551. The summed E-state index contributed by atoms with van der Waals surface area (Å²) in [5.74, 6) is 1.10. The fourth-order valence-electron chi connectivity index (χ4n) is 3.42. The summed E-state index contributed by atoms with van der Waals surface area (Å²) < 4.78 is 10.6. The maximum atomic E-state index is 13.2. The molecule has 0 aliphatic rings. The number of aryl methyl sites for hydroxylation is 2. The molecule has 0 unspecified atom stereocenters. The minimum Gasteiger partial charge on any atom is -0.493 e. The summed E-state index contributed by atoms with van der Waals surface area (Å²) in [5, 5.41) is 2.90. The Morgan fingerprint density at radius 2 is 1.77 bits per heavy atom. The van der Waals surface area contributed by atoms with E-state index < -0.39 is 6.04 Å². The Labute approximate surface area is 185 Å². The zero-order valence-corrected chi connectivity index (χ0v) is 19.2. The average Bonchev–Trinajstić information content (AvgIpc) is 2.78. The molecule has 0 saturated carbocycles. The predicted octanol–water partition coefficient (Wildman–Crippen LogP) is 3.89. The van der Waals surface area contributed by atoms with Gasteiger partial charge in [-0.3, -0.25) is 9.59 Å². The molecule has 2 aromatic rings. The molecule has 6 nitrogen and oxygen atoms in total. The molecular formula is C25H34N2O4. The van der Waals surface area contributed by atoms with E-state index >= 15 is 0 Å². The number of rotatable bonds is 11. The van der Waals surface area contributed by atoms with E-state index in [0.29, 0.717) is 37.4 Å². The molecule has 6 heteroatoms. The van der Waals surface area contributed by atoms with Crippen molar-refractivity contribution in [3.8, 4) is 11.5 Å². The van der Waals surface area contributed by atoms with Gasteiger partial charge in [-0.15, -0.1) is 0 Å². The first-order valence-corrected chi connectivity index (χ1v) is 10.7. The number of nitrogens with one attached hydrogen (secondary N) is 1. The first kappa shape index (κ1) is 24.3. The molecule has 31 heavy (non-hydrogen) atoms. The molecule has 2 rings (SSSR count).